The molecule has 1 N–H and O–H groups in total. The smallest absolute Gasteiger partial charge is 0.129 e. The van der Waals surface area contributed by atoms with Crippen molar-refractivity contribution in [3.63, 3.8) is 0 Å². The van der Waals surface area contributed by atoms with Gasteiger partial charge in [-0.05, 0) is 39.7 Å². The zero-order valence-electron chi connectivity index (χ0n) is 10.3. The summed E-state index contributed by atoms with van der Waals surface area (Å²) in [6.45, 7) is 0. The van der Waals surface area contributed by atoms with Gasteiger partial charge in [-0.1, -0.05) is 18.2 Å². The van der Waals surface area contributed by atoms with Crippen LogP contribution in [0.1, 0.15) is 11.3 Å². The van der Waals surface area contributed by atoms with Crippen molar-refractivity contribution in [3.05, 3.63) is 58.3 Å². The summed E-state index contributed by atoms with van der Waals surface area (Å²) in [7, 11) is 0. The normalized spacial score (nSPS) is 18.7. The Labute approximate surface area is 120 Å². The van der Waals surface area contributed by atoms with Gasteiger partial charge in [-0.15, -0.1) is 0 Å². The maximum atomic E-state index is 10.3. The van der Waals surface area contributed by atoms with Crippen molar-refractivity contribution in [2.75, 3.05) is 0 Å². The predicted molar refractivity (Wildman–Crippen MR) is 76.2 cm³/mol. The molecule has 2 unspecified atom stereocenters. The maximum Gasteiger partial charge on any atom is 0.129 e. The van der Waals surface area contributed by atoms with E-state index in [9.17, 15) is 5.11 Å². The highest BCUT2D eigenvalue weighted by molar-refractivity contribution is 9.10. The van der Waals surface area contributed by atoms with Crippen LogP contribution in [0.15, 0.2) is 47.1 Å². The molecule has 98 valence electrons. The topological polar surface area (TPSA) is 42.4 Å². The van der Waals surface area contributed by atoms with Crippen LogP contribution in [0.5, 0.6) is 5.75 Å². The van der Waals surface area contributed by atoms with Gasteiger partial charge in [0.25, 0.3) is 0 Å². The van der Waals surface area contributed by atoms with Crippen LogP contribution < -0.4 is 4.74 Å². The molecule has 0 saturated carbocycles. The molecule has 0 radical (unpaired) electrons. The lowest BCUT2D eigenvalue weighted by atomic mass is 10.0. The highest BCUT2D eigenvalue weighted by Gasteiger charge is 2.29. The maximum absolute atomic E-state index is 10.3. The van der Waals surface area contributed by atoms with Crippen molar-refractivity contribution in [2.45, 2.75) is 25.0 Å². The summed E-state index contributed by atoms with van der Waals surface area (Å²) in [5.74, 6) is 0.885. The Balaban J connectivity index is 1.66. The monoisotopic (exact) mass is 319 g/mol. The Morgan fingerprint density at radius 1 is 1.32 bits per heavy atom. The molecule has 0 spiro atoms. The van der Waals surface area contributed by atoms with E-state index in [-0.39, 0.29) is 6.10 Å². The Hall–Kier alpha value is -1.39. The number of benzene rings is 1. The van der Waals surface area contributed by atoms with Gasteiger partial charge in [0.05, 0.1) is 6.10 Å². The van der Waals surface area contributed by atoms with Crippen molar-refractivity contribution in [1.82, 2.24) is 4.98 Å². The second-order valence-corrected chi connectivity index (χ2v) is 5.62. The second-order valence-electron chi connectivity index (χ2n) is 4.71. The molecular weight excluding hydrogens is 306 g/mol. The molecule has 0 aliphatic carbocycles. The zero-order valence-corrected chi connectivity index (χ0v) is 11.9. The Kier molecular flexibility index (Phi) is 3.53. The first-order chi connectivity index (χ1) is 9.22. The van der Waals surface area contributed by atoms with E-state index in [1.165, 1.54) is 0 Å². The molecule has 0 amide bonds. The van der Waals surface area contributed by atoms with Crippen LogP contribution in [0, 0.1) is 0 Å². The summed E-state index contributed by atoms with van der Waals surface area (Å²) < 4.78 is 6.72. The summed E-state index contributed by atoms with van der Waals surface area (Å²) in [5.41, 5.74) is 2.03. The number of aliphatic hydroxyl groups excluding tert-OH is 1. The summed E-state index contributed by atoms with van der Waals surface area (Å²) in [6, 6.07) is 11.8. The molecule has 2 aromatic rings. The molecule has 1 aromatic heterocycles. The zero-order chi connectivity index (χ0) is 13.2. The summed E-state index contributed by atoms with van der Waals surface area (Å²) in [5, 5.41) is 10.3. The molecule has 19 heavy (non-hydrogen) atoms. The largest absolute Gasteiger partial charge is 0.487 e. The second kappa shape index (κ2) is 5.31. The van der Waals surface area contributed by atoms with Gasteiger partial charge in [-0.2, -0.15) is 0 Å². The molecular formula is C15H14BrNO2. The lowest BCUT2D eigenvalue weighted by molar-refractivity contribution is 0.0496. The van der Waals surface area contributed by atoms with Crippen LogP contribution in [-0.2, 0) is 12.8 Å². The third-order valence-electron chi connectivity index (χ3n) is 3.31. The quantitative estimate of drug-likeness (QED) is 0.946. The first-order valence-electron chi connectivity index (χ1n) is 6.25. The van der Waals surface area contributed by atoms with Gasteiger partial charge in [0, 0.05) is 29.2 Å². The third-order valence-corrected chi connectivity index (χ3v) is 3.78. The lowest BCUT2D eigenvalue weighted by Crippen LogP contribution is -2.32. The fourth-order valence-corrected chi connectivity index (χ4v) is 2.53. The first-order valence-corrected chi connectivity index (χ1v) is 7.05. The predicted octanol–water partition coefficient (Wildman–Crippen LogP) is 2.75. The minimum Gasteiger partial charge on any atom is -0.487 e. The Morgan fingerprint density at radius 3 is 2.89 bits per heavy atom. The number of ether oxygens (including phenoxy) is 1. The number of nitrogens with zero attached hydrogens (tertiary/aromatic N) is 1. The lowest BCUT2D eigenvalue weighted by Gasteiger charge is -2.17. The Bertz CT molecular complexity index is 546. The molecule has 1 aromatic carbocycles. The highest BCUT2D eigenvalue weighted by atomic mass is 79.9. The van der Waals surface area contributed by atoms with Crippen LogP contribution in [0.2, 0.25) is 0 Å². The van der Waals surface area contributed by atoms with Crippen molar-refractivity contribution in [3.8, 4) is 5.75 Å². The average Bonchev–Trinajstić information content (AvgIpc) is 2.85. The SMILES string of the molecule is OC(Cc1ccc(Br)cn1)C1Cc2ccccc2O1. The summed E-state index contributed by atoms with van der Waals surface area (Å²) in [4.78, 5) is 4.28. The van der Waals surface area contributed by atoms with Crippen molar-refractivity contribution in [2.24, 2.45) is 0 Å². The number of para-hydroxylation sites is 1. The minimum atomic E-state index is -0.541. The van der Waals surface area contributed by atoms with Gasteiger partial charge in [0.1, 0.15) is 11.9 Å². The molecule has 2 heterocycles. The summed E-state index contributed by atoms with van der Waals surface area (Å²) in [6.07, 6.45) is 2.29. The fourth-order valence-electron chi connectivity index (χ4n) is 2.30. The standard InChI is InChI=1S/C15H14BrNO2/c16-11-5-6-12(17-9-11)8-13(18)15-7-10-3-1-2-4-14(10)19-15/h1-6,9,13,15,18H,7-8H2. The van der Waals surface area contributed by atoms with Gasteiger partial charge >= 0.3 is 0 Å². The van der Waals surface area contributed by atoms with E-state index in [0.717, 1.165) is 27.9 Å². The number of aromatic nitrogens is 1. The fraction of sp³-hybridized carbons (Fsp3) is 0.267. The highest BCUT2D eigenvalue weighted by Crippen LogP contribution is 2.30. The first kappa shape index (κ1) is 12.6. The van der Waals surface area contributed by atoms with Gasteiger partial charge in [0.15, 0.2) is 0 Å². The van der Waals surface area contributed by atoms with Crippen molar-refractivity contribution >= 4 is 15.9 Å². The molecule has 3 nitrogen and oxygen atoms in total. The molecule has 0 bridgehead atoms. The van der Waals surface area contributed by atoms with E-state index in [0.29, 0.717) is 6.42 Å². The number of pyridine rings is 1. The molecule has 1 aliphatic heterocycles. The van der Waals surface area contributed by atoms with E-state index < -0.39 is 6.10 Å². The molecule has 0 fully saturated rings. The molecule has 1 aliphatic rings. The molecule has 4 heteroatoms. The van der Waals surface area contributed by atoms with Gasteiger partial charge in [-0.25, -0.2) is 0 Å². The number of aliphatic hydroxyl groups is 1. The van der Waals surface area contributed by atoms with Gasteiger partial charge < -0.3 is 9.84 Å². The molecule has 0 saturated heterocycles. The number of hydrogen-bond donors (Lipinski definition) is 1. The Morgan fingerprint density at radius 2 is 2.16 bits per heavy atom. The van der Waals surface area contributed by atoms with Crippen LogP contribution >= 0.6 is 15.9 Å². The third kappa shape index (κ3) is 2.80. The van der Waals surface area contributed by atoms with Gasteiger partial charge in [-0.3, -0.25) is 4.98 Å². The van der Waals surface area contributed by atoms with Crippen molar-refractivity contribution < 1.29 is 9.84 Å². The van der Waals surface area contributed by atoms with E-state index in [4.69, 9.17) is 4.74 Å². The van der Waals surface area contributed by atoms with Crippen LogP contribution in [0.3, 0.4) is 0 Å². The summed E-state index contributed by atoms with van der Waals surface area (Å²) >= 11 is 3.35. The van der Waals surface area contributed by atoms with E-state index in [1.54, 1.807) is 6.20 Å². The van der Waals surface area contributed by atoms with E-state index >= 15 is 0 Å². The van der Waals surface area contributed by atoms with E-state index in [2.05, 4.69) is 20.9 Å². The van der Waals surface area contributed by atoms with Gasteiger partial charge in [0.2, 0.25) is 0 Å². The molecule has 2 atom stereocenters. The molecule has 3 rings (SSSR count). The minimum absolute atomic E-state index is 0.178. The number of fused-ring (bicyclic) bond motifs is 1. The van der Waals surface area contributed by atoms with E-state index in [1.807, 2.05) is 36.4 Å². The number of hydrogen-bond acceptors (Lipinski definition) is 3. The van der Waals surface area contributed by atoms with Crippen molar-refractivity contribution in [1.29, 1.82) is 0 Å². The van der Waals surface area contributed by atoms with Crippen LogP contribution in [0.25, 0.3) is 0 Å². The van der Waals surface area contributed by atoms with Crippen LogP contribution in [0.4, 0.5) is 0 Å². The number of rotatable bonds is 3. The van der Waals surface area contributed by atoms with Crippen LogP contribution in [-0.4, -0.2) is 22.3 Å². The number of halogens is 1. The average molecular weight is 320 g/mol.